The Morgan fingerprint density at radius 1 is 1.00 bits per heavy atom. The molecule has 0 bridgehead atoms. The van der Waals surface area contributed by atoms with Crippen LogP contribution in [0.15, 0.2) is 30.3 Å². The van der Waals surface area contributed by atoms with Crippen molar-refractivity contribution in [3.63, 3.8) is 0 Å². The molecule has 0 unspecified atom stereocenters. The highest BCUT2D eigenvalue weighted by Crippen LogP contribution is 2.24. The summed E-state index contributed by atoms with van der Waals surface area (Å²) >= 11 is 0. The maximum absolute atomic E-state index is 4.50. The van der Waals surface area contributed by atoms with Gasteiger partial charge in [-0.05, 0) is 56.4 Å². The molecule has 5 nitrogen and oxygen atoms in total. The minimum atomic E-state index is 0.578. The lowest BCUT2D eigenvalue weighted by atomic mass is 10.1. The minimum Gasteiger partial charge on any atom is -0.372 e. The third kappa shape index (κ3) is 5.08. The van der Waals surface area contributed by atoms with Gasteiger partial charge >= 0.3 is 0 Å². The molecular weight excluding hydrogens is 310 g/mol. The summed E-state index contributed by atoms with van der Waals surface area (Å²) < 4.78 is 0. The van der Waals surface area contributed by atoms with Gasteiger partial charge in [-0.3, -0.25) is 0 Å². The van der Waals surface area contributed by atoms with Crippen LogP contribution in [0.4, 0.5) is 23.0 Å². The number of benzene rings is 1. The Balaban J connectivity index is 1.67. The van der Waals surface area contributed by atoms with Crippen molar-refractivity contribution in [2.75, 3.05) is 35.2 Å². The molecule has 2 N–H and O–H groups in total. The fourth-order valence-electron chi connectivity index (χ4n) is 3.09. The van der Waals surface area contributed by atoms with Crippen molar-refractivity contribution in [2.45, 2.75) is 40.0 Å². The van der Waals surface area contributed by atoms with Gasteiger partial charge in [-0.2, -0.15) is 0 Å². The van der Waals surface area contributed by atoms with Crippen LogP contribution in [0.5, 0.6) is 0 Å². The average Bonchev–Trinajstić information content (AvgIpc) is 2.61. The zero-order chi connectivity index (χ0) is 17.6. The average molecular weight is 339 g/mol. The molecule has 1 saturated heterocycles. The van der Waals surface area contributed by atoms with Gasteiger partial charge in [0.1, 0.15) is 17.5 Å². The predicted octanol–water partition coefficient (Wildman–Crippen LogP) is 4.59. The Bertz CT molecular complexity index is 675. The summed E-state index contributed by atoms with van der Waals surface area (Å²) in [6, 6.07) is 10.6. The minimum absolute atomic E-state index is 0.578. The van der Waals surface area contributed by atoms with E-state index in [0.717, 1.165) is 29.7 Å². The number of rotatable bonds is 6. The number of nitrogens with one attached hydrogen (secondary N) is 2. The maximum Gasteiger partial charge on any atom is 0.136 e. The highest BCUT2D eigenvalue weighted by molar-refractivity contribution is 5.62. The summed E-state index contributed by atoms with van der Waals surface area (Å²) in [6.07, 6.45) is 3.95. The van der Waals surface area contributed by atoms with Gasteiger partial charge in [-0.25, -0.2) is 9.97 Å². The smallest absolute Gasteiger partial charge is 0.136 e. The zero-order valence-electron chi connectivity index (χ0n) is 15.5. The Morgan fingerprint density at radius 3 is 2.36 bits per heavy atom. The van der Waals surface area contributed by atoms with E-state index in [1.807, 2.05) is 13.0 Å². The quantitative estimate of drug-likeness (QED) is 0.806. The van der Waals surface area contributed by atoms with Gasteiger partial charge in [0.25, 0.3) is 0 Å². The Labute approximate surface area is 150 Å². The summed E-state index contributed by atoms with van der Waals surface area (Å²) in [5, 5.41) is 6.76. The van der Waals surface area contributed by atoms with Crippen LogP contribution in [-0.4, -0.2) is 29.6 Å². The van der Waals surface area contributed by atoms with Gasteiger partial charge in [-0.15, -0.1) is 0 Å². The number of nitrogens with zero attached hydrogens (tertiary/aromatic N) is 3. The Morgan fingerprint density at radius 2 is 1.68 bits per heavy atom. The Hall–Kier alpha value is -2.30. The molecule has 0 saturated carbocycles. The van der Waals surface area contributed by atoms with Crippen LogP contribution >= 0.6 is 0 Å². The first-order chi connectivity index (χ1) is 12.1. The van der Waals surface area contributed by atoms with Crippen LogP contribution in [-0.2, 0) is 0 Å². The molecule has 5 heteroatoms. The third-order valence-corrected chi connectivity index (χ3v) is 4.39. The fourth-order valence-corrected chi connectivity index (χ4v) is 3.09. The van der Waals surface area contributed by atoms with Crippen molar-refractivity contribution in [1.82, 2.24) is 9.97 Å². The van der Waals surface area contributed by atoms with E-state index in [1.54, 1.807) is 0 Å². The molecule has 0 aliphatic carbocycles. The van der Waals surface area contributed by atoms with E-state index in [1.165, 1.54) is 38.0 Å². The van der Waals surface area contributed by atoms with E-state index in [9.17, 15) is 0 Å². The summed E-state index contributed by atoms with van der Waals surface area (Å²) in [4.78, 5) is 11.4. The van der Waals surface area contributed by atoms with Gasteiger partial charge < -0.3 is 15.5 Å². The molecule has 0 spiro atoms. The number of aryl methyl sites for hydroxylation is 1. The maximum atomic E-state index is 4.50. The normalized spacial score (nSPS) is 14.6. The van der Waals surface area contributed by atoms with Crippen molar-refractivity contribution < 1.29 is 0 Å². The first-order valence-corrected chi connectivity index (χ1v) is 9.32. The van der Waals surface area contributed by atoms with Crippen molar-refractivity contribution >= 4 is 23.0 Å². The molecule has 0 radical (unpaired) electrons. The van der Waals surface area contributed by atoms with E-state index in [-0.39, 0.29) is 0 Å². The van der Waals surface area contributed by atoms with E-state index < -0.39 is 0 Å². The largest absolute Gasteiger partial charge is 0.372 e. The summed E-state index contributed by atoms with van der Waals surface area (Å²) in [5.41, 5.74) is 2.36. The summed E-state index contributed by atoms with van der Waals surface area (Å²) in [6.45, 7) is 9.53. The number of hydrogen-bond acceptors (Lipinski definition) is 5. The number of hydrogen-bond donors (Lipinski definition) is 2. The second-order valence-corrected chi connectivity index (χ2v) is 7.18. The van der Waals surface area contributed by atoms with Crippen LogP contribution in [0.1, 0.15) is 38.9 Å². The van der Waals surface area contributed by atoms with E-state index in [2.05, 4.69) is 63.6 Å². The third-order valence-electron chi connectivity index (χ3n) is 4.39. The molecule has 2 heterocycles. The highest BCUT2D eigenvalue weighted by Gasteiger charge is 2.10. The molecule has 25 heavy (non-hydrogen) atoms. The molecule has 1 aliphatic rings. The SMILES string of the molecule is Cc1nc(NCC(C)C)cc(Nc2ccc(N3CCCCC3)cc2)n1. The predicted molar refractivity (Wildman–Crippen MR) is 106 cm³/mol. The van der Waals surface area contributed by atoms with Crippen LogP contribution < -0.4 is 15.5 Å². The van der Waals surface area contributed by atoms with Crippen molar-refractivity contribution in [1.29, 1.82) is 0 Å². The van der Waals surface area contributed by atoms with Crippen LogP contribution in [0, 0.1) is 12.8 Å². The van der Waals surface area contributed by atoms with Gasteiger partial charge in [0.2, 0.25) is 0 Å². The molecule has 2 aromatic rings. The highest BCUT2D eigenvalue weighted by atomic mass is 15.1. The van der Waals surface area contributed by atoms with Crippen LogP contribution in [0.25, 0.3) is 0 Å². The molecule has 1 aromatic heterocycles. The lowest BCUT2D eigenvalue weighted by molar-refractivity contribution is 0.578. The first-order valence-electron chi connectivity index (χ1n) is 9.32. The van der Waals surface area contributed by atoms with Crippen LogP contribution in [0.2, 0.25) is 0 Å². The molecular formula is C20H29N5. The molecule has 1 fully saturated rings. The fraction of sp³-hybridized carbons (Fsp3) is 0.500. The van der Waals surface area contributed by atoms with Gasteiger partial charge in [0, 0.05) is 37.1 Å². The molecule has 3 rings (SSSR count). The molecule has 1 aliphatic heterocycles. The topological polar surface area (TPSA) is 53.1 Å². The summed E-state index contributed by atoms with van der Waals surface area (Å²) in [5.74, 6) is 3.04. The number of piperidine rings is 1. The Kier molecular flexibility index (Phi) is 5.74. The van der Waals surface area contributed by atoms with Crippen molar-refractivity contribution in [3.05, 3.63) is 36.2 Å². The molecule has 0 amide bonds. The van der Waals surface area contributed by atoms with Gasteiger partial charge in [0.05, 0.1) is 0 Å². The number of anilines is 4. The van der Waals surface area contributed by atoms with Crippen molar-refractivity contribution in [3.8, 4) is 0 Å². The van der Waals surface area contributed by atoms with Crippen molar-refractivity contribution in [2.24, 2.45) is 5.92 Å². The lowest BCUT2D eigenvalue weighted by Crippen LogP contribution is -2.29. The lowest BCUT2D eigenvalue weighted by Gasteiger charge is -2.28. The molecule has 0 atom stereocenters. The second-order valence-electron chi connectivity index (χ2n) is 7.18. The first kappa shape index (κ1) is 17.5. The van der Waals surface area contributed by atoms with Gasteiger partial charge in [0.15, 0.2) is 0 Å². The summed E-state index contributed by atoms with van der Waals surface area (Å²) in [7, 11) is 0. The molecule has 1 aromatic carbocycles. The van der Waals surface area contributed by atoms with E-state index in [0.29, 0.717) is 5.92 Å². The van der Waals surface area contributed by atoms with E-state index >= 15 is 0 Å². The van der Waals surface area contributed by atoms with Gasteiger partial charge in [-0.1, -0.05) is 13.8 Å². The van der Waals surface area contributed by atoms with Crippen LogP contribution in [0.3, 0.4) is 0 Å². The monoisotopic (exact) mass is 339 g/mol. The molecule has 134 valence electrons. The second kappa shape index (κ2) is 8.19. The van der Waals surface area contributed by atoms with E-state index in [4.69, 9.17) is 0 Å². The standard InChI is InChI=1S/C20H29N5/c1-15(2)14-21-19-13-20(23-16(3)22-19)24-17-7-9-18(10-8-17)25-11-5-4-6-12-25/h7-10,13,15H,4-6,11-12,14H2,1-3H3,(H2,21,22,23,24). The zero-order valence-corrected chi connectivity index (χ0v) is 15.5. The number of aromatic nitrogens is 2.